The van der Waals surface area contributed by atoms with Gasteiger partial charge in [0.2, 0.25) is 5.91 Å². The molecule has 0 saturated carbocycles. The van der Waals surface area contributed by atoms with Crippen molar-refractivity contribution in [2.24, 2.45) is 0 Å². The van der Waals surface area contributed by atoms with E-state index in [2.05, 4.69) is 45.5 Å². The minimum Gasteiger partial charge on any atom is -0.493 e. The molecular formula is C32H34N6O3. The highest BCUT2D eigenvalue weighted by atomic mass is 16.5. The molecule has 1 aliphatic rings. The van der Waals surface area contributed by atoms with Crippen LogP contribution in [0.25, 0.3) is 11.0 Å². The quantitative estimate of drug-likeness (QED) is 0.317. The maximum atomic E-state index is 13.3. The number of nitriles is 1. The number of fused-ring (bicyclic) bond motifs is 1. The van der Waals surface area contributed by atoms with Gasteiger partial charge in [0.25, 0.3) is 0 Å². The normalized spacial score (nSPS) is 14.3. The summed E-state index contributed by atoms with van der Waals surface area (Å²) in [6, 6.07) is 25.8. The summed E-state index contributed by atoms with van der Waals surface area (Å²) in [6.45, 7) is 4.39. The highest BCUT2D eigenvalue weighted by Crippen LogP contribution is 2.29. The molecule has 210 valence electrons. The third-order valence-electron chi connectivity index (χ3n) is 7.32. The zero-order valence-electron chi connectivity index (χ0n) is 23.4. The first-order valence-corrected chi connectivity index (χ1v) is 13.8. The van der Waals surface area contributed by atoms with Gasteiger partial charge in [-0.15, -0.1) is 0 Å². The SMILES string of the molecule is COc1ccc(CCNC(=O)C(C#N)c2nc3ccccc3nc2N2CCN(Cc3ccccc3)CC2)cc1OC. The van der Waals surface area contributed by atoms with Crippen LogP contribution in [-0.4, -0.2) is 67.7 Å². The first-order chi connectivity index (χ1) is 20.1. The van der Waals surface area contributed by atoms with Crippen LogP contribution in [0, 0.1) is 11.3 Å². The Morgan fingerprint density at radius 3 is 2.27 bits per heavy atom. The highest BCUT2D eigenvalue weighted by Gasteiger charge is 2.30. The number of hydrogen-bond donors (Lipinski definition) is 1. The van der Waals surface area contributed by atoms with Gasteiger partial charge in [-0.05, 0) is 41.8 Å². The van der Waals surface area contributed by atoms with E-state index in [9.17, 15) is 10.1 Å². The summed E-state index contributed by atoms with van der Waals surface area (Å²) in [5.74, 6) is 0.403. The zero-order valence-corrected chi connectivity index (χ0v) is 23.4. The number of rotatable bonds is 10. The van der Waals surface area contributed by atoms with E-state index < -0.39 is 5.92 Å². The Balaban J connectivity index is 1.31. The number of methoxy groups -OCH3 is 2. The molecule has 3 aromatic carbocycles. The highest BCUT2D eigenvalue weighted by molar-refractivity contribution is 5.88. The molecule has 4 aromatic rings. The molecule has 1 fully saturated rings. The summed E-state index contributed by atoms with van der Waals surface area (Å²) in [6.07, 6.45) is 0.573. The summed E-state index contributed by atoms with van der Waals surface area (Å²) in [4.78, 5) is 27.6. The van der Waals surface area contributed by atoms with Gasteiger partial charge in [-0.2, -0.15) is 5.26 Å². The van der Waals surface area contributed by atoms with Gasteiger partial charge >= 0.3 is 0 Å². The number of carbonyl (C=O) groups is 1. The molecule has 41 heavy (non-hydrogen) atoms. The van der Waals surface area contributed by atoms with Crippen molar-refractivity contribution in [3.8, 4) is 17.6 Å². The number of aromatic nitrogens is 2. The second kappa shape index (κ2) is 13.1. The second-order valence-corrected chi connectivity index (χ2v) is 9.96. The van der Waals surface area contributed by atoms with Crippen LogP contribution in [0.15, 0.2) is 72.8 Å². The number of ether oxygens (including phenoxy) is 2. The maximum Gasteiger partial charge on any atom is 0.243 e. The van der Waals surface area contributed by atoms with Gasteiger partial charge in [0, 0.05) is 39.3 Å². The smallest absolute Gasteiger partial charge is 0.243 e. The van der Waals surface area contributed by atoms with Crippen molar-refractivity contribution >= 4 is 22.8 Å². The number of para-hydroxylation sites is 2. The van der Waals surface area contributed by atoms with Crippen molar-refractivity contribution in [3.63, 3.8) is 0 Å². The van der Waals surface area contributed by atoms with Crippen LogP contribution in [0.5, 0.6) is 11.5 Å². The Labute approximate surface area is 240 Å². The second-order valence-electron chi connectivity index (χ2n) is 9.96. The Bertz CT molecular complexity index is 1530. The first kappa shape index (κ1) is 27.9. The van der Waals surface area contributed by atoms with Crippen LogP contribution in [-0.2, 0) is 17.8 Å². The Morgan fingerprint density at radius 2 is 1.59 bits per heavy atom. The van der Waals surface area contributed by atoms with E-state index >= 15 is 0 Å². The van der Waals surface area contributed by atoms with Crippen molar-refractivity contribution in [1.82, 2.24) is 20.2 Å². The van der Waals surface area contributed by atoms with E-state index in [-0.39, 0.29) is 5.91 Å². The van der Waals surface area contributed by atoms with Gasteiger partial charge in [-0.3, -0.25) is 9.69 Å². The van der Waals surface area contributed by atoms with Gasteiger partial charge in [0.05, 0.1) is 31.3 Å². The van der Waals surface area contributed by atoms with E-state index in [4.69, 9.17) is 19.4 Å². The molecule has 1 amide bonds. The molecule has 1 saturated heterocycles. The number of amides is 1. The summed E-state index contributed by atoms with van der Waals surface area (Å²) in [5.41, 5.74) is 4.06. The fraction of sp³-hybridized carbons (Fsp3) is 0.312. The lowest BCUT2D eigenvalue weighted by molar-refractivity contribution is -0.121. The van der Waals surface area contributed by atoms with E-state index in [0.29, 0.717) is 41.5 Å². The Morgan fingerprint density at radius 1 is 0.902 bits per heavy atom. The average molecular weight is 551 g/mol. The zero-order chi connectivity index (χ0) is 28.6. The first-order valence-electron chi connectivity index (χ1n) is 13.8. The van der Waals surface area contributed by atoms with Gasteiger partial charge in [0.15, 0.2) is 23.2 Å². The van der Waals surface area contributed by atoms with Gasteiger partial charge in [-0.25, -0.2) is 9.97 Å². The van der Waals surface area contributed by atoms with Crippen molar-refractivity contribution in [1.29, 1.82) is 5.26 Å². The molecule has 1 N–H and O–H groups in total. The molecule has 0 spiro atoms. The maximum absolute atomic E-state index is 13.3. The summed E-state index contributed by atoms with van der Waals surface area (Å²) < 4.78 is 10.7. The van der Waals surface area contributed by atoms with Crippen molar-refractivity contribution < 1.29 is 14.3 Å². The summed E-state index contributed by atoms with van der Waals surface area (Å²) in [5, 5.41) is 13.1. The van der Waals surface area contributed by atoms with Gasteiger partial charge < -0.3 is 19.7 Å². The fourth-order valence-corrected chi connectivity index (χ4v) is 5.10. The largest absolute Gasteiger partial charge is 0.493 e. The molecule has 2 heterocycles. The monoisotopic (exact) mass is 550 g/mol. The average Bonchev–Trinajstić information content (AvgIpc) is 3.02. The Kier molecular flexibility index (Phi) is 8.92. The van der Waals surface area contributed by atoms with Crippen LogP contribution in [0.2, 0.25) is 0 Å². The molecule has 9 nitrogen and oxygen atoms in total. The van der Waals surface area contributed by atoms with Crippen LogP contribution in [0.1, 0.15) is 22.7 Å². The molecular weight excluding hydrogens is 516 g/mol. The molecule has 0 radical (unpaired) electrons. The number of carbonyl (C=O) groups excluding carboxylic acids is 1. The molecule has 1 unspecified atom stereocenters. The topological polar surface area (TPSA) is 104 Å². The number of anilines is 1. The van der Waals surface area contributed by atoms with Crippen LogP contribution in [0.3, 0.4) is 0 Å². The molecule has 0 bridgehead atoms. The van der Waals surface area contributed by atoms with E-state index in [1.807, 2.05) is 48.5 Å². The molecule has 0 aliphatic carbocycles. The van der Waals surface area contributed by atoms with Crippen molar-refractivity contribution in [2.45, 2.75) is 18.9 Å². The van der Waals surface area contributed by atoms with Crippen LogP contribution in [0.4, 0.5) is 5.82 Å². The number of piperazine rings is 1. The summed E-state index contributed by atoms with van der Waals surface area (Å²) in [7, 11) is 3.18. The third-order valence-corrected chi connectivity index (χ3v) is 7.32. The molecule has 9 heteroatoms. The molecule has 1 atom stereocenters. The minimum atomic E-state index is -1.09. The van der Waals surface area contributed by atoms with Crippen LogP contribution >= 0.6 is 0 Å². The van der Waals surface area contributed by atoms with Gasteiger partial charge in [-0.1, -0.05) is 48.5 Å². The number of nitrogens with one attached hydrogen (secondary N) is 1. The van der Waals surface area contributed by atoms with Crippen molar-refractivity contribution in [2.75, 3.05) is 51.8 Å². The molecule has 5 rings (SSSR count). The lowest BCUT2D eigenvalue weighted by atomic mass is 10.0. The lowest BCUT2D eigenvalue weighted by Gasteiger charge is -2.36. The predicted octanol–water partition coefficient (Wildman–Crippen LogP) is 3.94. The van der Waals surface area contributed by atoms with E-state index in [0.717, 1.165) is 43.8 Å². The van der Waals surface area contributed by atoms with Crippen LogP contribution < -0.4 is 19.7 Å². The molecule has 1 aliphatic heterocycles. The van der Waals surface area contributed by atoms with Gasteiger partial charge in [0.1, 0.15) is 5.69 Å². The number of nitrogens with zero attached hydrogens (tertiary/aromatic N) is 5. The van der Waals surface area contributed by atoms with E-state index in [1.54, 1.807) is 14.2 Å². The number of hydrogen-bond acceptors (Lipinski definition) is 8. The Hall–Kier alpha value is -4.68. The lowest BCUT2D eigenvalue weighted by Crippen LogP contribution is -2.47. The number of benzene rings is 3. The summed E-state index contributed by atoms with van der Waals surface area (Å²) >= 11 is 0. The standard InChI is InChI=1S/C32H34N6O3/c1-40-28-13-12-23(20-29(28)41-2)14-15-34-32(39)25(21-33)30-31(36-27-11-7-6-10-26(27)35-30)38-18-16-37(17-19-38)22-24-8-4-3-5-9-24/h3-13,20,25H,14-19,22H2,1-2H3,(H,34,39). The molecule has 1 aromatic heterocycles. The third kappa shape index (κ3) is 6.56. The minimum absolute atomic E-state index is 0.362. The van der Waals surface area contributed by atoms with Crippen molar-refractivity contribution in [3.05, 3.63) is 89.6 Å². The fourth-order valence-electron chi connectivity index (χ4n) is 5.10. The van der Waals surface area contributed by atoms with E-state index in [1.165, 1.54) is 5.56 Å². The predicted molar refractivity (Wildman–Crippen MR) is 158 cm³/mol.